The number of hydrogen-bond donors (Lipinski definition) is 1. The Morgan fingerprint density at radius 1 is 1.58 bits per heavy atom. The van der Waals surface area contributed by atoms with Crippen molar-refractivity contribution in [2.24, 2.45) is 5.92 Å². The number of amides is 2. The van der Waals surface area contributed by atoms with Gasteiger partial charge >= 0.3 is 12.0 Å². The lowest BCUT2D eigenvalue weighted by atomic mass is 9.97. The van der Waals surface area contributed by atoms with Crippen molar-refractivity contribution in [3.63, 3.8) is 0 Å². The highest BCUT2D eigenvalue weighted by Gasteiger charge is 2.43. The maximum Gasteiger partial charge on any atom is 0.329 e. The van der Waals surface area contributed by atoms with Gasteiger partial charge in [0.25, 0.3) is 0 Å². The number of hydrogen-bond acceptors (Lipinski definition) is 4. The van der Waals surface area contributed by atoms with Gasteiger partial charge in [0.05, 0.1) is 25.1 Å². The van der Waals surface area contributed by atoms with Crippen LogP contribution in [0.5, 0.6) is 0 Å². The lowest BCUT2D eigenvalue weighted by Gasteiger charge is -2.48. The normalized spacial score (nSPS) is 18.1. The Balaban J connectivity index is 2.39. The number of urea groups is 1. The largest absolute Gasteiger partial charge is 0.480 e. The molecule has 0 aromatic rings. The lowest BCUT2D eigenvalue weighted by molar-refractivity contribution is -0.160. The van der Waals surface area contributed by atoms with Crippen molar-refractivity contribution in [2.45, 2.75) is 19.4 Å². The van der Waals surface area contributed by atoms with Crippen molar-refractivity contribution in [3.05, 3.63) is 0 Å². The van der Waals surface area contributed by atoms with Crippen LogP contribution in [0.3, 0.4) is 0 Å². The molecule has 0 saturated carbocycles. The number of carbonyl (C=O) groups is 2. The third kappa shape index (κ3) is 4.10. The second-order valence-corrected chi connectivity index (χ2v) is 5.18. The molecular formula is C12H19N3O4. The zero-order chi connectivity index (χ0) is 14.6. The van der Waals surface area contributed by atoms with Crippen LogP contribution < -0.4 is 0 Å². The van der Waals surface area contributed by atoms with E-state index >= 15 is 0 Å². The van der Waals surface area contributed by atoms with Gasteiger partial charge in [-0.1, -0.05) is 0 Å². The monoisotopic (exact) mass is 269 g/mol. The first-order valence-electron chi connectivity index (χ1n) is 6.03. The number of nitriles is 1. The molecule has 0 bridgehead atoms. The van der Waals surface area contributed by atoms with Gasteiger partial charge in [0.1, 0.15) is 12.2 Å². The van der Waals surface area contributed by atoms with Crippen molar-refractivity contribution in [2.75, 3.05) is 33.3 Å². The summed E-state index contributed by atoms with van der Waals surface area (Å²) in [4.78, 5) is 25.5. The van der Waals surface area contributed by atoms with Crippen LogP contribution in [0.15, 0.2) is 0 Å². The third-order valence-electron chi connectivity index (χ3n) is 2.96. The summed E-state index contributed by atoms with van der Waals surface area (Å²) in [6, 6.07) is 1.90. The van der Waals surface area contributed by atoms with Gasteiger partial charge in [-0.3, -0.25) is 0 Å². The summed E-state index contributed by atoms with van der Waals surface area (Å²) >= 11 is 0. The fourth-order valence-electron chi connectivity index (χ4n) is 1.99. The van der Waals surface area contributed by atoms with E-state index in [0.717, 1.165) is 0 Å². The number of likely N-dealkylation sites (tertiary alicyclic amines) is 1. The van der Waals surface area contributed by atoms with E-state index < -0.39 is 11.6 Å². The number of carboxylic acid groups (broad SMARTS) is 1. The van der Waals surface area contributed by atoms with Crippen LogP contribution in [0.1, 0.15) is 13.8 Å². The van der Waals surface area contributed by atoms with Gasteiger partial charge in [0.15, 0.2) is 0 Å². The van der Waals surface area contributed by atoms with Crippen LogP contribution >= 0.6 is 0 Å². The zero-order valence-corrected chi connectivity index (χ0v) is 11.4. The van der Waals surface area contributed by atoms with Crippen molar-refractivity contribution in [3.8, 4) is 6.07 Å². The molecule has 7 heteroatoms. The topological polar surface area (TPSA) is 93.9 Å². The molecule has 1 saturated heterocycles. The standard InChI is InChI=1S/C12H19N3O4/c1-9(4-13)5-14(3)11(18)15-7-12(2,8-15)19-6-10(16)17/h9H,5-8H2,1-3H3,(H,16,17). The molecule has 1 atom stereocenters. The van der Waals surface area contributed by atoms with Crippen molar-refractivity contribution < 1.29 is 19.4 Å². The van der Waals surface area contributed by atoms with Gasteiger partial charge in [-0.05, 0) is 13.8 Å². The molecule has 1 heterocycles. The first kappa shape index (κ1) is 15.2. The van der Waals surface area contributed by atoms with E-state index in [1.165, 1.54) is 4.90 Å². The minimum absolute atomic E-state index is 0.168. The van der Waals surface area contributed by atoms with E-state index in [1.807, 2.05) is 0 Å². The Labute approximate surface area is 112 Å². The van der Waals surface area contributed by atoms with E-state index in [1.54, 1.807) is 25.8 Å². The summed E-state index contributed by atoms with van der Waals surface area (Å²) in [5.41, 5.74) is -0.588. The molecule has 1 fully saturated rings. The Bertz CT molecular complexity index is 398. The Morgan fingerprint density at radius 2 is 2.16 bits per heavy atom. The van der Waals surface area contributed by atoms with Gasteiger partial charge in [-0.15, -0.1) is 0 Å². The molecule has 0 aromatic carbocycles. The quantitative estimate of drug-likeness (QED) is 0.778. The summed E-state index contributed by atoms with van der Waals surface area (Å²) in [6.07, 6.45) is 0. The fourth-order valence-corrected chi connectivity index (χ4v) is 1.99. The maximum absolute atomic E-state index is 12.0. The van der Waals surface area contributed by atoms with Crippen LogP contribution in [0.2, 0.25) is 0 Å². The van der Waals surface area contributed by atoms with E-state index in [-0.39, 0.29) is 18.6 Å². The first-order valence-corrected chi connectivity index (χ1v) is 6.03. The highest BCUT2D eigenvalue weighted by molar-refractivity contribution is 5.75. The second-order valence-electron chi connectivity index (χ2n) is 5.18. The molecule has 7 nitrogen and oxygen atoms in total. The minimum atomic E-state index is -1.02. The molecular weight excluding hydrogens is 250 g/mol. The van der Waals surface area contributed by atoms with Crippen LogP contribution in [-0.2, 0) is 9.53 Å². The molecule has 1 aliphatic heterocycles. The molecule has 19 heavy (non-hydrogen) atoms. The molecule has 0 aromatic heterocycles. The van der Waals surface area contributed by atoms with Gasteiger partial charge in [0.2, 0.25) is 0 Å². The number of carboxylic acids is 1. The summed E-state index contributed by atoms with van der Waals surface area (Å²) in [5.74, 6) is -1.24. The first-order chi connectivity index (χ1) is 8.77. The van der Waals surface area contributed by atoms with E-state index in [9.17, 15) is 9.59 Å². The predicted octanol–water partition coefficient (Wildman–Crippen LogP) is 0.373. The molecule has 106 valence electrons. The predicted molar refractivity (Wildman–Crippen MR) is 66.4 cm³/mol. The number of ether oxygens (including phenoxy) is 1. The summed E-state index contributed by atoms with van der Waals surface area (Å²) in [7, 11) is 1.64. The Hall–Kier alpha value is -1.81. The molecule has 1 rings (SSSR count). The lowest BCUT2D eigenvalue weighted by Crippen LogP contribution is -2.65. The second kappa shape index (κ2) is 5.89. The smallest absolute Gasteiger partial charge is 0.329 e. The van der Waals surface area contributed by atoms with E-state index in [0.29, 0.717) is 19.6 Å². The summed E-state index contributed by atoms with van der Waals surface area (Å²) in [5, 5.41) is 17.2. The number of carbonyl (C=O) groups excluding carboxylic acids is 1. The van der Waals surface area contributed by atoms with Gasteiger partial charge in [-0.2, -0.15) is 5.26 Å². The Morgan fingerprint density at radius 3 is 2.63 bits per heavy atom. The molecule has 0 spiro atoms. The zero-order valence-electron chi connectivity index (χ0n) is 11.4. The van der Waals surface area contributed by atoms with Gasteiger partial charge < -0.3 is 19.6 Å². The molecule has 1 aliphatic rings. The average molecular weight is 269 g/mol. The van der Waals surface area contributed by atoms with Gasteiger partial charge in [-0.25, -0.2) is 9.59 Å². The van der Waals surface area contributed by atoms with Crippen LogP contribution in [0, 0.1) is 17.2 Å². The van der Waals surface area contributed by atoms with Crippen LogP contribution in [0.25, 0.3) is 0 Å². The maximum atomic E-state index is 12.0. The van der Waals surface area contributed by atoms with Crippen LogP contribution in [-0.4, -0.2) is 65.8 Å². The summed E-state index contributed by atoms with van der Waals surface area (Å²) in [6.45, 7) is 4.27. The molecule has 1 N–H and O–H groups in total. The Kier molecular flexibility index (Phi) is 4.72. The van der Waals surface area contributed by atoms with Gasteiger partial charge in [0, 0.05) is 13.6 Å². The summed E-state index contributed by atoms with van der Waals surface area (Å²) < 4.78 is 5.22. The molecule has 1 unspecified atom stereocenters. The number of rotatable bonds is 5. The number of nitrogens with zero attached hydrogens (tertiary/aromatic N) is 3. The molecule has 0 radical (unpaired) electrons. The highest BCUT2D eigenvalue weighted by atomic mass is 16.5. The third-order valence-corrected chi connectivity index (χ3v) is 2.96. The van der Waals surface area contributed by atoms with Crippen molar-refractivity contribution in [1.29, 1.82) is 5.26 Å². The average Bonchev–Trinajstić information content (AvgIpc) is 2.31. The minimum Gasteiger partial charge on any atom is -0.480 e. The molecule has 2 amide bonds. The van der Waals surface area contributed by atoms with E-state index in [2.05, 4.69) is 6.07 Å². The van der Waals surface area contributed by atoms with Crippen LogP contribution in [0.4, 0.5) is 4.79 Å². The van der Waals surface area contributed by atoms with Crippen molar-refractivity contribution in [1.82, 2.24) is 9.80 Å². The SMILES string of the molecule is CC(C#N)CN(C)C(=O)N1CC(C)(OCC(=O)O)C1. The fraction of sp³-hybridized carbons (Fsp3) is 0.750. The highest BCUT2D eigenvalue weighted by Crippen LogP contribution is 2.25. The molecule has 0 aliphatic carbocycles. The van der Waals surface area contributed by atoms with E-state index in [4.69, 9.17) is 15.1 Å². The number of aliphatic carboxylic acids is 1. The van der Waals surface area contributed by atoms with Crippen molar-refractivity contribution >= 4 is 12.0 Å².